The second kappa shape index (κ2) is 10.1. The summed E-state index contributed by atoms with van der Waals surface area (Å²) in [4.78, 5) is 30.3. The highest BCUT2D eigenvalue weighted by Gasteiger charge is 2.38. The van der Waals surface area contributed by atoms with Gasteiger partial charge in [0.15, 0.2) is 23.1 Å². The van der Waals surface area contributed by atoms with Crippen LogP contribution in [0.25, 0.3) is 11.0 Å². The second-order valence-corrected chi connectivity index (χ2v) is 9.47. The van der Waals surface area contributed by atoms with Crippen molar-refractivity contribution in [3.8, 4) is 11.8 Å². The summed E-state index contributed by atoms with van der Waals surface area (Å²) in [6.07, 6.45) is 4.47. The van der Waals surface area contributed by atoms with E-state index in [1.807, 2.05) is 0 Å². The second-order valence-electron chi connectivity index (χ2n) is 9.47. The lowest BCUT2D eigenvalue weighted by Crippen LogP contribution is -2.37. The number of nitrogens with one attached hydrogen (secondary N) is 1. The first-order chi connectivity index (χ1) is 18.7. The first-order valence-electron chi connectivity index (χ1n) is 12.3. The number of amides is 2. The molecule has 5 rings (SSSR count). The van der Waals surface area contributed by atoms with Crippen LogP contribution >= 0.6 is 0 Å². The molecular weight excluding hydrogens is 515 g/mol. The molecule has 0 unspecified atom stereocenters. The largest absolute Gasteiger partial charge is 0.383 e. The highest BCUT2D eigenvalue weighted by atomic mass is 19.2. The van der Waals surface area contributed by atoms with E-state index in [1.54, 1.807) is 11.9 Å². The third kappa shape index (κ3) is 4.40. The zero-order valence-electron chi connectivity index (χ0n) is 21.3. The number of aromatic nitrogens is 4. The van der Waals surface area contributed by atoms with Crippen molar-refractivity contribution < 1.29 is 27.5 Å². The molecule has 2 aromatic heterocycles. The Hall–Kier alpha value is -4.31. The number of primary amides is 1. The highest BCUT2D eigenvalue weighted by molar-refractivity contribution is 6.00. The van der Waals surface area contributed by atoms with Crippen molar-refractivity contribution in [1.29, 1.82) is 0 Å². The van der Waals surface area contributed by atoms with Gasteiger partial charge in [0.05, 0.1) is 25.0 Å². The molecule has 0 spiro atoms. The Morgan fingerprint density at radius 3 is 2.59 bits per heavy atom. The minimum Gasteiger partial charge on any atom is -0.383 e. The zero-order chi connectivity index (χ0) is 28.0. The molecule has 2 aliphatic rings. The van der Waals surface area contributed by atoms with Crippen molar-refractivity contribution in [2.75, 3.05) is 32.6 Å². The van der Waals surface area contributed by atoms with E-state index < -0.39 is 35.0 Å². The number of anilines is 1. The fourth-order valence-electron chi connectivity index (χ4n) is 5.09. The average Bonchev–Trinajstić information content (AvgIpc) is 3.35. The van der Waals surface area contributed by atoms with Crippen LogP contribution in [-0.2, 0) is 9.53 Å². The molecule has 3 N–H and O–H groups in total. The average molecular weight is 542 g/mol. The number of carbonyl (C=O) groups is 2. The van der Waals surface area contributed by atoms with Gasteiger partial charge in [-0.2, -0.15) is 5.10 Å². The van der Waals surface area contributed by atoms with Crippen LogP contribution in [0, 0.1) is 29.3 Å². The van der Waals surface area contributed by atoms with Crippen LogP contribution in [0.4, 0.5) is 19.0 Å². The standard InChI is InChI=1S/C26H26F3N7O3/c1-4-18(37)34-10-14(9-15(34)11-39-3)36-26(31-2)19(25(30)38)17(33-36)8-7-16-20(27)22(29)24-23(21(16)28)32-12-35(24)13-5-6-13/h4,12-15,31H,1,5-6,9-11H2,2-3H3,(H2,30,38)/t14-,15+/m0/s1. The molecule has 13 heteroatoms. The Labute approximate surface area is 221 Å². The summed E-state index contributed by atoms with van der Waals surface area (Å²) in [5.74, 6) is 0.0242. The smallest absolute Gasteiger partial charge is 0.255 e. The van der Waals surface area contributed by atoms with Gasteiger partial charge < -0.3 is 25.3 Å². The van der Waals surface area contributed by atoms with E-state index in [0.717, 1.165) is 12.8 Å². The summed E-state index contributed by atoms with van der Waals surface area (Å²) in [7, 11) is 3.06. The zero-order valence-corrected chi connectivity index (χ0v) is 21.3. The number of imidazole rings is 1. The number of rotatable bonds is 7. The number of halogens is 3. The molecule has 204 valence electrons. The van der Waals surface area contributed by atoms with Gasteiger partial charge in [-0.15, -0.1) is 0 Å². The van der Waals surface area contributed by atoms with E-state index in [1.165, 1.54) is 28.8 Å². The number of nitrogens with zero attached hydrogens (tertiary/aromatic N) is 5. The number of ether oxygens (including phenoxy) is 1. The van der Waals surface area contributed by atoms with E-state index in [9.17, 15) is 14.0 Å². The van der Waals surface area contributed by atoms with E-state index in [2.05, 4.69) is 33.8 Å². The topological polar surface area (TPSA) is 120 Å². The molecule has 3 heterocycles. The molecule has 1 saturated carbocycles. The predicted molar refractivity (Wildman–Crippen MR) is 135 cm³/mol. The van der Waals surface area contributed by atoms with Crippen molar-refractivity contribution in [1.82, 2.24) is 24.2 Å². The van der Waals surface area contributed by atoms with Gasteiger partial charge in [0.1, 0.15) is 28.0 Å². The number of fused-ring (bicyclic) bond motifs is 1. The molecule has 2 amide bonds. The third-order valence-electron chi connectivity index (χ3n) is 7.04. The van der Waals surface area contributed by atoms with Gasteiger partial charge in [-0.25, -0.2) is 22.8 Å². The number of benzene rings is 1. The number of likely N-dealkylation sites (tertiary alicyclic amines) is 1. The lowest BCUT2D eigenvalue weighted by Gasteiger charge is -2.22. The van der Waals surface area contributed by atoms with Crippen LogP contribution in [-0.4, -0.2) is 69.4 Å². The van der Waals surface area contributed by atoms with E-state index in [-0.39, 0.29) is 59.3 Å². The summed E-state index contributed by atoms with van der Waals surface area (Å²) in [6, 6.07) is -0.725. The molecule has 0 radical (unpaired) electrons. The minimum absolute atomic E-state index is 0.0425. The van der Waals surface area contributed by atoms with Gasteiger partial charge in [-0.3, -0.25) is 9.59 Å². The van der Waals surface area contributed by atoms with Crippen LogP contribution < -0.4 is 11.1 Å². The predicted octanol–water partition coefficient (Wildman–Crippen LogP) is 2.50. The van der Waals surface area contributed by atoms with Gasteiger partial charge in [0.25, 0.3) is 5.91 Å². The van der Waals surface area contributed by atoms with Gasteiger partial charge in [0, 0.05) is 26.7 Å². The summed E-state index contributed by atoms with van der Waals surface area (Å²) < 4.78 is 53.4. The maximum absolute atomic E-state index is 15.3. The lowest BCUT2D eigenvalue weighted by atomic mass is 10.1. The third-order valence-corrected chi connectivity index (χ3v) is 7.04. The van der Waals surface area contributed by atoms with Crippen LogP contribution in [0.2, 0.25) is 0 Å². The normalized spacial score (nSPS) is 18.7. The lowest BCUT2D eigenvalue weighted by molar-refractivity contribution is -0.127. The summed E-state index contributed by atoms with van der Waals surface area (Å²) in [5.41, 5.74) is 3.94. The molecule has 1 aliphatic heterocycles. The molecular formula is C26H26F3N7O3. The monoisotopic (exact) mass is 541 g/mol. The van der Waals surface area contributed by atoms with E-state index >= 15 is 8.78 Å². The van der Waals surface area contributed by atoms with Crippen LogP contribution in [0.1, 0.15) is 53.0 Å². The molecule has 0 bridgehead atoms. The van der Waals surface area contributed by atoms with Crippen molar-refractivity contribution in [2.24, 2.45) is 5.73 Å². The molecule has 2 fully saturated rings. The Morgan fingerprint density at radius 2 is 1.97 bits per heavy atom. The van der Waals surface area contributed by atoms with Gasteiger partial charge in [-0.1, -0.05) is 12.5 Å². The molecule has 3 aromatic rings. The summed E-state index contributed by atoms with van der Waals surface area (Å²) in [5, 5.41) is 7.29. The SMILES string of the molecule is C=CC(=O)N1C[C@@H](n2nc(C#Cc3c(F)c(F)c4c(ncn4C4CC4)c3F)c(C(N)=O)c2NC)C[C@@H]1COC. The first kappa shape index (κ1) is 26.3. The van der Waals surface area contributed by atoms with Gasteiger partial charge >= 0.3 is 0 Å². The Bertz CT molecular complexity index is 1560. The summed E-state index contributed by atoms with van der Waals surface area (Å²) in [6.45, 7) is 4.04. The quantitative estimate of drug-likeness (QED) is 0.270. The highest BCUT2D eigenvalue weighted by Crippen LogP contribution is 2.39. The minimum atomic E-state index is -1.46. The fraction of sp³-hybridized carbons (Fsp3) is 0.385. The van der Waals surface area contributed by atoms with Crippen LogP contribution in [0.5, 0.6) is 0 Å². The molecule has 39 heavy (non-hydrogen) atoms. The van der Waals surface area contributed by atoms with Gasteiger partial charge in [0.2, 0.25) is 5.91 Å². The molecule has 1 aromatic carbocycles. The number of hydrogen-bond acceptors (Lipinski definition) is 6. The van der Waals surface area contributed by atoms with Crippen molar-refractivity contribution in [3.05, 3.63) is 53.3 Å². The maximum atomic E-state index is 15.3. The maximum Gasteiger partial charge on any atom is 0.255 e. The summed E-state index contributed by atoms with van der Waals surface area (Å²) >= 11 is 0. The van der Waals surface area contributed by atoms with Crippen molar-refractivity contribution >= 4 is 28.7 Å². The Balaban J connectivity index is 1.58. The molecule has 2 atom stereocenters. The van der Waals surface area contributed by atoms with Crippen LogP contribution in [0.3, 0.4) is 0 Å². The van der Waals surface area contributed by atoms with Crippen molar-refractivity contribution in [3.63, 3.8) is 0 Å². The first-order valence-corrected chi connectivity index (χ1v) is 12.3. The Morgan fingerprint density at radius 1 is 1.23 bits per heavy atom. The number of carbonyl (C=O) groups excluding carboxylic acids is 2. The number of nitrogens with two attached hydrogens (primary N) is 1. The molecule has 1 saturated heterocycles. The fourth-order valence-corrected chi connectivity index (χ4v) is 5.09. The van der Waals surface area contributed by atoms with Crippen molar-refractivity contribution in [2.45, 2.75) is 37.4 Å². The van der Waals surface area contributed by atoms with Crippen LogP contribution in [0.15, 0.2) is 19.0 Å². The Kier molecular flexibility index (Phi) is 6.82. The van der Waals surface area contributed by atoms with Gasteiger partial charge in [-0.05, 0) is 31.3 Å². The number of methoxy groups -OCH3 is 1. The molecule has 1 aliphatic carbocycles. The van der Waals surface area contributed by atoms with E-state index in [0.29, 0.717) is 6.42 Å². The molecule has 10 nitrogen and oxygen atoms in total. The number of hydrogen-bond donors (Lipinski definition) is 2. The van der Waals surface area contributed by atoms with E-state index in [4.69, 9.17) is 10.5 Å².